The molecule has 1 aromatic rings. The van der Waals surface area contributed by atoms with Crippen molar-refractivity contribution < 1.29 is 4.79 Å². The molecular formula is C15H19BrClNO. The van der Waals surface area contributed by atoms with Gasteiger partial charge < -0.3 is 4.90 Å². The number of carbonyl (C=O) groups excluding carboxylic acids is 1. The largest absolute Gasteiger partial charge is 0.339 e. The Balaban J connectivity index is 2.05. The Labute approximate surface area is 128 Å². The molecule has 0 aromatic heterocycles. The van der Waals surface area contributed by atoms with Gasteiger partial charge in [-0.3, -0.25) is 4.79 Å². The van der Waals surface area contributed by atoms with Crippen LogP contribution in [-0.4, -0.2) is 28.7 Å². The molecule has 0 unspecified atom stereocenters. The molecule has 1 fully saturated rings. The van der Waals surface area contributed by atoms with Crippen LogP contribution in [0.25, 0.3) is 0 Å². The monoisotopic (exact) mass is 343 g/mol. The Morgan fingerprint density at radius 3 is 2.63 bits per heavy atom. The maximum atomic E-state index is 12.5. The van der Waals surface area contributed by atoms with Gasteiger partial charge in [-0.25, -0.2) is 0 Å². The van der Waals surface area contributed by atoms with E-state index in [2.05, 4.69) is 15.9 Å². The quantitative estimate of drug-likeness (QED) is 0.738. The van der Waals surface area contributed by atoms with E-state index in [9.17, 15) is 4.79 Å². The van der Waals surface area contributed by atoms with Gasteiger partial charge in [0.1, 0.15) is 0 Å². The molecule has 0 spiro atoms. The van der Waals surface area contributed by atoms with Crippen molar-refractivity contribution >= 4 is 33.4 Å². The van der Waals surface area contributed by atoms with Crippen LogP contribution in [-0.2, 0) is 11.2 Å². The highest BCUT2D eigenvalue weighted by Crippen LogP contribution is 2.25. The summed E-state index contributed by atoms with van der Waals surface area (Å²) < 4.78 is 0. The zero-order valence-corrected chi connectivity index (χ0v) is 13.3. The van der Waals surface area contributed by atoms with E-state index in [0.29, 0.717) is 17.5 Å². The highest BCUT2D eigenvalue weighted by molar-refractivity contribution is 9.09. The van der Waals surface area contributed by atoms with E-state index >= 15 is 0 Å². The lowest BCUT2D eigenvalue weighted by atomic mass is 10.1. The number of halogens is 2. The maximum absolute atomic E-state index is 12.5. The Bertz CT molecular complexity index is 432. The van der Waals surface area contributed by atoms with E-state index in [0.717, 1.165) is 30.3 Å². The third kappa shape index (κ3) is 3.96. The van der Waals surface area contributed by atoms with E-state index < -0.39 is 0 Å². The number of rotatable bonds is 5. The Hall–Kier alpha value is -0.540. The molecule has 4 heteroatoms. The van der Waals surface area contributed by atoms with Gasteiger partial charge in [0.05, 0.1) is 6.42 Å². The second-order valence-corrected chi connectivity index (χ2v) is 6.18. The van der Waals surface area contributed by atoms with E-state index in [4.69, 9.17) is 11.6 Å². The van der Waals surface area contributed by atoms with Crippen molar-refractivity contribution in [1.82, 2.24) is 4.90 Å². The zero-order valence-electron chi connectivity index (χ0n) is 10.9. The summed E-state index contributed by atoms with van der Waals surface area (Å²) in [5, 5.41) is 1.51. The molecule has 0 bridgehead atoms. The van der Waals surface area contributed by atoms with Crippen LogP contribution >= 0.6 is 27.5 Å². The van der Waals surface area contributed by atoms with Crippen molar-refractivity contribution in [2.75, 3.05) is 11.9 Å². The summed E-state index contributed by atoms with van der Waals surface area (Å²) in [7, 11) is 0. The van der Waals surface area contributed by atoms with Crippen LogP contribution in [0.1, 0.15) is 31.2 Å². The third-order valence-electron chi connectivity index (χ3n) is 3.71. The molecular weight excluding hydrogens is 326 g/mol. The third-order valence-corrected chi connectivity index (χ3v) is 4.43. The molecule has 0 radical (unpaired) electrons. The number of benzene rings is 1. The van der Waals surface area contributed by atoms with Crippen molar-refractivity contribution in [3.05, 3.63) is 34.9 Å². The summed E-state index contributed by atoms with van der Waals surface area (Å²) in [6.45, 7) is 0.786. The molecule has 0 saturated heterocycles. The minimum Gasteiger partial charge on any atom is -0.339 e. The molecule has 19 heavy (non-hydrogen) atoms. The highest BCUT2D eigenvalue weighted by Gasteiger charge is 2.26. The van der Waals surface area contributed by atoms with Crippen LogP contribution < -0.4 is 0 Å². The second-order valence-electron chi connectivity index (χ2n) is 4.98. The Kier molecular flexibility index (Phi) is 5.71. The summed E-state index contributed by atoms with van der Waals surface area (Å²) in [6, 6.07) is 8.02. The standard InChI is InChI=1S/C15H19BrClNO/c16-9-10-18(13-6-2-3-7-13)15(19)11-12-5-1-4-8-14(12)17/h1,4-5,8,13H,2-3,6-7,9-11H2. The van der Waals surface area contributed by atoms with Gasteiger partial charge in [0, 0.05) is 22.9 Å². The van der Waals surface area contributed by atoms with Crippen molar-refractivity contribution in [3.8, 4) is 0 Å². The van der Waals surface area contributed by atoms with Crippen molar-refractivity contribution in [3.63, 3.8) is 0 Å². The van der Waals surface area contributed by atoms with E-state index in [1.54, 1.807) is 0 Å². The molecule has 0 aliphatic heterocycles. The molecule has 1 amide bonds. The molecule has 1 saturated carbocycles. The number of alkyl halides is 1. The van der Waals surface area contributed by atoms with Crippen LogP contribution in [0.3, 0.4) is 0 Å². The SMILES string of the molecule is O=C(Cc1ccccc1Cl)N(CCBr)C1CCCC1. The van der Waals surface area contributed by atoms with Crippen LogP contribution in [0.2, 0.25) is 5.02 Å². The minimum absolute atomic E-state index is 0.194. The maximum Gasteiger partial charge on any atom is 0.227 e. The summed E-state index contributed by atoms with van der Waals surface area (Å²) in [5.41, 5.74) is 0.923. The molecule has 0 N–H and O–H groups in total. The van der Waals surface area contributed by atoms with Gasteiger partial charge in [0.25, 0.3) is 0 Å². The Morgan fingerprint density at radius 2 is 2.00 bits per heavy atom. The summed E-state index contributed by atoms with van der Waals surface area (Å²) in [5.74, 6) is 0.194. The Morgan fingerprint density at radius 1 is 1.32 bits per heavy atom. The summed E-state index contributed by atoms with van der Waals surface area (Å²) >= 11 is 9.58. The molecule has 1 aromatic carbocycles. The molecule has 2 rings (SSSR count). The number of hydrogen-bond acceptors (Lipinski definition) is 1. The first-order valence-electron chi connectivity index (χ1n) is 6.81. The topological polar surface area (TPSA) is 20.3 Å². The van der Waals surface area contributed by atoms with Crippen LogP contribution in [0.4, 0.5) is 0 Å². The number of nitrogens with zero attached hydrogens (tertiary/aromatic N) is 1. The molecule has 104 valence electrons. The fourth-order valence-electron chi connectivity index (χ4n) is 2.72. The van der Waals surface area contributed by atoms with E-state index in [-0.39, 0.29) is 5.91 Å². The minimum atomic E-state index is 0.194. The van der Waals surface area contributed by atoms with Gasteiger partial charge in [0.15, 0.2) is 0 Å². The fourth-order valence-corrected chi connectivity index (χ4v) is 3.31. The molecule has 2 nitrogen and oxygen atoms in total. The smallest absolute Gasteiger partial charge is 0.227 e. The fraction of sp³-hybridized carbons (Fsp3) is 0.533. The van der Waals surface area contributed by atoms with Crippen molar-refractivity contribution in [2.45, 2.75) is 38.1 Å². The zero-order chi connectivity index (χ0) is 13.7. The first-order chi connectivity index (χ1) is 9.22. The van der Waals surface area contributed by atoms with Crippen LogP contribution in [0.5, 0.6) is 0 Å². The summed E-state index contributed by atoms with van der Waals surface area (Å²) in [4.78, 5) is 14.5. The van der Waals surface area contributed by atoms with Crippen molar-refractivity contribution in [2.24, 2.45) is 0 Å². The first kappa shape index (κ1) is 14.9. The second kappa shape index (κ2) is 7.30. The van der Waals surface area contributed by atoms with Crippen LogP contribution in [0, 0.1) is 0 Å². The van der Waals surface area contributed by atoms with Crippen LogP contribution in [0.15, 0.2) is 24.3 Å². The van der Waals surface area contributed by atoms with Gasteiger partial charge in [-0.15, -0.1) is 0 Å². The predicted octanol–water partition coefficient (Wildman–Crippen LogP) is 4.05. The van der Waals surface area contributed by atoms with Gasteiger partial charge in [-0.2, -0.15) is 0 Å². The number of carbonyl (C=O) groups is 1. The van der Waals surface area contributed by atoms with Gasteiger partial charge >= 0.3 is 0 Å². The summed E-state index contributed by atoms with van der Waals surface area (Å²) in [6.07, 6.45) is 5.16. The lowest BCUT2D eigenvalue weighted by Crippen LogP contribution is -2.41. The number of amides is 1. The molecule has 1 aliphatic rings. The normalized spacial score (nSPS) is 15.7. The average molecular weight is 345 g/mol. The molecule has 0 atom stereocenters. The van der Waals surface area contributed by atoms with E-state index in [1.165, 1.54) is 12.8 Å². The van der Waals surface area contributed by atoms with Gasteiger partial charge in [0.2, 0.25) is 5.91 Å². The lowest BCUT2D eigenvalue weighted by Gasteiger charge is -2.28. The molecule has 1 aliphatic carbocycles. The first-order valence-corrected chi connectivity index (χ1v) is 8.31. The van der Waals surface area contributed by atoms with Gasteiger partial charge in [-0.1, -0.05) is 58.6 Å². The number of hydrogen-bond donors (Lipinski definition) is 0. The lowest BCUT2D eigenvalue weighted by molar-refractivity contribution is -0.132. The van der Waals surface area contributed by atoms with E-state index in [1.807, 2.05) is 29.2 Å². The highest BCUT2D eigenvalue weighted by atomic mass is 79.9. The average Bonchev–Trinajstić information content (AvgIpc) is 2.92. The predicted molar refractivity (Wildman–Crippen MR) is 82.9 cm³/mol. The molecule has 0 heterocycles. The van der Waals surface area contributed by atoms with Gasteiger partial charge in [-0.05, 0) is 24.5 Å². The van der Waals surface area contributed by atoms with Crippen molar-refractivity contribution in [1.29, 1.82) is 0 Å².